The van der Waals surface area contributed by atoms with Gasteiger partial charge in [0.2, 0.25) is 0 Å². The lowest BCUT2D eigenvalue weighted by atomic mass is 9.99. The number of nitrogens with zero attached hydrogens (tertiary/aromatic N) is 3. The molecule has 7 nitrogen and oxygen atoms in total. The molecule has 3 N–H and O–H groups in total. The lowest BCUT2D eigenvalue weighted by molar-refractivity contribution is -0.142. The number of hydrogen-bond donors (Lipinski definition) is 3. The molecule has 3 rings (SSSR count). The Hall–Kier alpha value is -2.36. The van der Waals surface area contributed by atoms with Crippen molar-refractivity contribution < 1.29 is 18.0 Å². The first-order valence-electron chi connectivity index (χ1n) is 8.01. The molecule has 10 heteroatoms. The summed E-state index contributed by atoms with van der Waals surface area (Å²) in [6, 6.07) is 0.00104. The van der Waals surface area contributed by atoms with E-state index in [4.69, 9.17) is 0 Å². The van der Waals surface area contributed by atoms with Gasteiger partial charge in [-0.05, 0) is 19.4 Å². The largest absolute Gasteiger partial charge is 0.435 e. The molecule has 0 bridgehead atoms. The van der Waals surface area contributed by atoms with Crippen molar-refractivity contribution in [1.29, 1.82) is 0 Å². The van der Waals surface area contributed by atoms with Gasteiger partial charge in [0.25, 0.3) is 5.91 Å². The highest BCUT2D eigenvalue weighted by molar-refractivity contribution is 5.95. The molecule has 0 aromatic carbocycles. The van der Waals surface area contributed by atoms with Gasteiger partial charge in [0.1, 0.15) is 0 Å². The summed E-state index contributed by atoms with van der Waals surface area (Å²) >= 11 is 0. The average molecular weight is 356 g/mol. The summed E-state index contributed by atoms with van der Waals surface area (Å²) in [4.78, 5) is 12.4. The Morgan fingerprint density at radius 3 is 2.92 bits per heavy atom. The summed E-state index contributed by atoms with van der Waals surface area (Å²) in [5.74, 6) is -0.465. The van der Waals surface area contributed by atoms with Crippen molar-refractivity contribution in [2.24, 2.45) is 7.05 Å². The Labute approximate surface area is 142 Å². The van der Waals surface area contributed by atoms with Gasteiger partial charge < -0.3 is 10.6 Å². The molecule has 1 aliphatic rings. The van der Waals surface area contributed by atoms with Gasteiger partial charge in [-0.2, -0.15) is 23.4 Å². The van der Waals surface area contributed by atoms with Gasteiger partial charge in [0.05, 0.1) is 17.5 Å². The van der Waals surface area contributed by atoms with Crippen LogP contribution in [0, 0.1) is 0 Å². The molecule has 136 valence electrons. The Morgan fingerprint density at radius 1 is 1.44 bits per heavy atom. The molecule has 2 aromatic heterocycles. The van der Waals surface area contributed by atoms with Crippen LogP contribution in [-0.2, 0) is 19.8 Å². The number of carbonyl (C=O) groups excluding carboxylic acids is 1. The van der Waals surface area contributed by atoms with E-state index in [1.54, 1.807) is 0 Å². The van der Waals surface area contributed by atoms with Crippen LogP contribution in [0.2, 0.25) is 0 Å². The second kappa shape index (κ2) is 6.87. The van der Waals surface area contributed by atoms with Gasteiger partial charge in [-0.15, -0.1) is 0 Å². The van der Waals surface area contributed by atoms with E-state index in [9.17, 15) is 18.0 Å². The first kappa shape index (κ1) is 17.5. The summed E-state index contributed by atoms with van der Waals surface area (Å²) in [7, 11) is 1.41. The van der Waals surface area contributed by atoms with Crippen molar-refractivity contribution in [2.75, 3.05) is 6.54 Å². The zero-order valence-electron chi connectivity index (χ0n) is 13.7. The van der Waals surface area contributed by atoms with E-state index in [-0.39, 0.29) is 18.2 Å². The minimum atomic E-state index is -4.56. The number of aryl methyl sites for hydroxylation is 1. The molecule has 3 heterocycles. The van der Waals surface area contributed by atoms with Crippen LogP contribution in [0.5, 0.6) is 0 Å². The second-order valence-electron chi connectivity index (χ2n) is 6.06. The number of hydrogen-bond acceptors (Lipinski definition) is 4. The summed E-state index contributed by atoms with van der Waals surface area (Å²) in [5.41, 5.74) is -0.0582. The number of aromatic amines is 1. The highest BCUT2D eigenvalue weighted by Crippen LogP contribution is 2.30. The predicted molar refractivity (Wildman–Crippen MR) is 82.6 cm³/mol. The van der Waals surface area contributed by atoms with Gasteiger partial charge in [-0.25, -0.2) is 0 Å². The highest BCUT2D eigenvalue weighted by Gasteiger charge is 2.37. The van der Waals surface area contributed by atoms with E-state index >= 15 is 0 Å². The Kier molecular flexibility index (Phi) is 4.80. The molecule has 1 atom stereocenters. The van der Waals surface area contributed by atoms with Gasteiger partial charge >= 0.3 is 6.18 Å². The van der Waals surface area contributed by atoms with Crippen LogP contribution in [0.25, 0.3) is 0 Å². The minimum absolute atomic E-state index is 0.00104. The fraction of sp³-hybridized carbons (Fsp3) is 0.533. The second-order valence-corrected chi connectivity index (χ2v) is 6.06. The van der Waals surface area contributed by atoms with Crippen LogP contribution in [0.4, 0.5) is 13.2 Å². The summed E-state index contributed by atoms with van der Waals surface area (Å²) in [6.45, 7) is 0.597. The first-order chi connectivity index (χ1) is 11.9. The van der Waals surface area contributed by atoms with Crippen LogP contribution in [0.1, 0.15) is 52.6 Å². The molecule has 25 heavy (non-hydrogen) atoms. The SMILES string of the molecule is Cn1cc(CNC(=O)c2cn[nH]c2C2CCCCN2)c(C(F)(F)F)n1. The van der Waals surface area contributed by atoms with Crippen LogP contribution in [0.3, 0.4) is 0 Å². The number of amides is 1. The van der Waals surface area contributed by atoms with Gasteiger partial charge in [0.15, 0.2) is 5.69 Å². The molecule has 0 spiro atoms. The molecule has 1 saturated heterocycles. The number of rotatable bonds is 4. The summed E-state index contributed by atoms with van der Waals surface area (Å²) in [5, 5.41) is 16.0. The van der Waals surface area contributed by atoms with Crippen LogP contribution >= 0.6 is 0 Å². The minimum Gasteiger partial charge on any atom is -0.348 e. The number of halogens is 3. The van der Waals surface area contributed by atoms with Crippen molar-refractivity contribution in [3.63, 3.8) is 0 Å². The molecular formula is C15H19F3N6O. The predicted octanol–water partition coefficient (Wildman–Crippen LogP) is 1.91. The summed E-state index contributed by atoms with van der Waals surface area (Å²) < 4.78 is 39.9. The van der Waals surface area contributed by atoms with Crippen molar-refractivity contribution in [1.82, 2.24) is 30.6 Å². The average Bonchev–Trinajstić information content (AvgIpc) is 3.19. The maximum Gasteiger partial charge on any atom is 0.435 e. The third-order valence-electron chi connectivity index (χ3n) is 4.18. The fourth-order valence-corrected chi connectivity index (χ4v) is 3.02. The highest BCUT2D eigenvalue weighted by atomic mass is 19.4. The van der Waals surface area contributed by atoms with E-state index < -0.39 is 17.8 Å². The molecule has 1 fully saturated rings. The standard InChI is InChI=1S/C15H19F3N6O/c1-24-8-9(13(23-24)15(16,17)18)6-20-14(25)10-7-21-22-12(10)11-4-2-3-5-19-11/h7-8,11,19H,2-6H2,1H3,(H,20,25)(H,21,22). The zero-order valence-corrected chi connectivity index (χ0v) is 13.7. The fourth-order valence-electron chi connectivity index (χ4n) is 3.02. The van der Waals surface area contributed by atoms with Crippen LogP contribution in [-0.4, -0.2) is 32.4 Å². The maximum atomic E-state index is 13.0. The number of piperidine rings is 1. The number of carbonyl (C=O) groups is 1. The first-order valence-corrected chi connectivity index (χ1v) is 8.01. The lowest BCUT2D eigenvalue weighted by Crippen LogP contribution is -2.30. The molecule has 1 aliphatic heterocycles. The van der Waals surface area contributed by atoms with E-state index in [1.807, 2.05) is 0 Å². The van der Waals surface area contributed by atoms with E-state index in [0.717, 1.165) is 30.5 Å². The maximum absolute atomic E-state index is 13.0. The molecule has 2 aromatic rings. The topological polar surface area (TPSA) is 87.6 Å². The van der Waals surface area contributed by atoms with Crippen LogP contribution < -0.4 is 10.6 Å². The molecule has 1 unspecified atom stereocenters. The Bertz CT molecular complexity index is 745. The molecule has 0 aliphatic carbocycles. The quantitative estimate of drug-likeness (QED) is 0.781. The monoisotopic (exact) mass is 356 g/mol. The molecule has 0 saturated carbocycles. The van der Waals surface area contributed by atoms with Gasteiger partial charge in [-0.1, -0.05) is 6.42 Å². The lowest BCUT2D eigenvalue weighted by Gasteiger charge is -2.23. The Balaban J connectivity index is 1.71. The van der Waals surface area contributed by atoms with Gasteiger partial charge in [0, 0.05) is 31.4 Å². The normalized spacial score (nSPS) is 18.3. The van der Waals surface area contributed by atoms with Crippen molar-refractivity contribution in [3.05, 3.63) is 34.9 Å². The number of nitrogens with one attached hydrogen (secondary N) is 3. The molecule has 1 amide bonds. The summed E-state index contributed by atoms with van der Waals surface area (Å²) in [6.07, 6.45) is 1.09. The zero-order chi connectivity index (χ0) is 18.0. The van der Waals surface area contributed by atoms with Gasteiger partial charge in [-0.3, -0.25) is 14.6 Å². The Morgan fingerprint density at radius 2 is 2.24 bits per heavy atom. The molecular weight excluding hydrogens is 337 g/mol. The number of alkyl halides is 3. The smallest absolute Gasteiger partial charge is 0.348 e. The van der Waals surface area contributed by atoms with E-state index in [2.05, 4.69) is 25.9 Å². The third-order valence-corrected chi connectivity index (χ3v) is 4.18. The van der Waals surface area contributed by atoms with E-state index in [1.165, 1.54) is 19.4 Å². The van der Waals surface area contributed by atoms with Crippen molar-refractivity contribution in [3.8, 4) is 0 Å². The number of H-pyrrole nitrogens is 1. The van der Waals surface area contributed by atoms with Crippen molar-refractivity contribution in [2.45, 2.75) is 38.0 Å². The molecule has 0 radical (unpaired) electrons. The van der Waals surface area contributed by atoms with Crippen LogP contribution in [0.15, 0.2) is 12.4 Å². The third kappa shape index (κ3) is 3.84. The number of aromatic nitrogens is 4. The van der Waals surface area contributed by atoms with E-state index in [0.29, 0.717) is 11.3 Å². The van der Waals surface area contributed by atoms with Crippen molar-refractivity contribution >= 4 is 5.91 Å².